The van der Waals surface area contributed by atoms with Crippen LogP contribution >= 0.6 is 0 Å². The molecule has 0 saturated carbocycles. The van der Waals surface area contributed by atoms with Gasteiger partial charge < -0.3 is 4.90 Å². The maximum absolute atomic E-state index is 13.1. The molecule has 1 saturated heterocycles. The molecule has 1 aliphatic rings. The van der Waals surface area contributed by atoms with Gasteiger partial charge in [-0.25, -0.2) is 9.50 Å². The van der Waals surface area contributed by atoms with Gasteiger partial charge in [-0.15, -0.1) is 0 Å². The van der Waals surface area contributed by atoms with Crippen LogP contribution in [-0.2, 0) is 0 Å². The topological polar surface area (TPSA) is 50.5 Å². The first-order valence-corrected chi connectivity index (χ1v) is 8.98. The van der Waals surface area contributed by atoms with E-state index in [0.717, 1.165) is 37.1 Å². The molecule has 1 fully saturated rings. The molecule has 25 heavy (non-hydrogen) atoms. The summed E-state index contributed by atoms with van der Waals surface area (Å²) in [6.07, 6.45) is 7.78. The van der Waals surface area contributed by atoms with Crippen molar-refractivity contribution in [2.75, 3.05) is 6.54 Å². The molecule has 1 aliphatic heterocycles. The molecule has 3 heterocycles. The first-order chi connectivity index (χ1) is 12.3. The Balaban J connectivity index is 1.75. The highest BCUT2D eigenvalue weighted by atomic mass is 16.2. The number of hydrogen-bond donors (Lipinski definition) is 0. The predicted octanol–water partition coefficient (Wildman–Crippen LogP) is 3.80. The van der Waals surface area contributed by atoms with E-state index >= 15 is 0 Å². The molecule has 128 valence electrons. The van der Waals surface area contributed by atoms with E-state index in [1.165, 1.54) is 6.42 Å². The van der Waals surface area contributed by atoms with Crippen LogP contribution in [0.1, 0.15) is 43.0 Å². The molecule has 0 bridgehead atoms. The highest BCUT2D eigenvalue weighted by molar-refractivity contribution is 6.00. The van der Waals surface area contributed by atoms with Crippen LogP contribution in [0.2, 0.25) is 0 Å². The van der Waals surface area contributed by atoms with Gasteiger partial charge in [0.2, 0.25) is 0 Å². The number of fused-ring (bicyclic) bond motifs is 1. The molecule has 1 atom stereocenters. The number of aromatic nitrogens is 3. The van der Waals surface area contributed by atoms with Gasteiger partial charge in [0.05, 0.1) is 11.9 Å². The van der Waals surface area contributed by atoms with E-state index in [4.69, 9.17) is 0 Å². The Bertz CT molecular complexity index is 887. The first kappa shape index (κ1) is 15.8. The van der Waals surface area contributed by atoms with Crippen LogP contribution in [0, 0.1) is 0 Å². The van der Waals surface area contributed by atoms with Crippen LogP contribution in [0.4, 0.5) is 0 Å². The van der Waals surface area contributed by atoms with Crippen LogP contribution in [0.3, 0.4) is 0 Å². The Kier molecular flexibility index (Phi) is 4.22. The minimum absolute atomic E-state index is 0.0549. The van der Waals surface area contributed by atoms with Gasteiger partial charge in [-0.05, 0) is 31.7 Å². The third-order valence-electron chi connectivity index (χ3n) is 5.06. The first-order valence-electron chi connectivity index (χ1n) is 8.98. The highest BCUT2D eigenvalue weighted by Gasteiger charge is 2.28. The van der Waals surface area contributed by atoms with Gasteiger partial charge in [-0.3, -0.25) is 4.79 Å². The third-order valence-corrected chi connectivity index (χ3v) is 5.06. The van der Waals surface area contributed by atoms with E-state index in [1.807, 2.05) is 41.3 Å². The lowest BCUT2D eigenvalue weighted by molar-refractivity contribution is 0.0610. The van der Waals surface area contributed by atoms with E-state index < -0.39 is 0 Å². The number of carbonyl (C=O) groups excluding carboxylic acids is 1. The summed E-state index contributed by atoms with van der Waals surface area (Å²) in [5.41, 5.74) is 3.22. The van der Waals surface area contributed by atoms with Crippen LogP contribution in [0.25, 0.3) is 16.9 Å². The predicted molar refractivity (Wildman–Crippen MR) is 97.4 cm³/mol. The summed E-state index contributed by atoms with van der Waals surface area (Å²) in [7, 11) is 0. The lowest BCUT2D eigenvalue weighted by Crippen LogP contribution is -2.43. The Morgan fingerprint density at radius 3 is 2.84 bits per heavy atom. The molecular weight excluding hydrogens is 312 g/mol. The molecule has 0 spiro atoms. The average Bonchev–Trinajstić information content (AvgIpc) is 3.12. The van der Waals surface area contributed by atoms with E-state index in [9.17, 15) is 4.79 Å². The third kappa shape index (κ3) is 2.80. The van der Waals surface area contributed by atoms with Crippen molar-refractivity contribution in [1.29, 1.82) is 0 Å². The normalized spacial score (nSPS) is 17.8. The second-order valence-corrected chi connectivity index (χ2v) is 6.55. The Morgan fingerprint density at radius 2 is 2.04 bits per heavy atom. The maximum atomic E-state index is 13.1. The molecular formula is C20H22N4O. The zero-order valence-corrected chi connectivity index (χ0v) is 14.4. The summed E-state index contributed by atoms with van der Waals surface area (Å²) in [6.45, 7) is 2.98. The van der Waals surface area contributed by atoms with Crippen molar-refractivity contribution in [3.63, 3.8) is 0 Å². The number of likely N-dealkylation sites (tertiary alicyclic amines) is 1. The fourth-order valence-electron chi connectivity index (χ4n) is 3.72. The second-order valence-electron chi connectivity index (χ2n) is 6.55. The summed E-state index contributed by atoms with van der Waals surface area (Å²) < 4.78 is 1.77. The molecule has 0 radical (unpaired) electrons. The SMILES string of the molecule is CC[C@@H]1CCCCN1C(=O)c1cnn2c(-c3ccccc3)ccnc12. The smallest absolute Gasteiger partial charge is 0.259 e. The zero-order valence-electron chi connectivity index (χ0n) is 14.4. The molecule has 3 aromatic rings. The zero-order chi connectivity index (χ0) is 17.2. The molecule has 0 unspecified atom stereocenters. The molecule has 2 aromatic heterocycles. The fraction of sp³-hybridized carbons (Fsp3) is 0.350. The molecule has 1 aromatic carbocycles. The van der Waals surface area contributed by atoms with Crippen molar-refractivity contribution in [1.82, 2.24) is 19.5 Å². The van der Waals surface area contributed by atoms with Crippen LogP contribution in [-0.4, -0.2) is 38.0 Å². The minimum atomic E-state index is 0.0549. The molecule has 5 nitrogen and oxygen atoms in total. The van der Waals surface area contributed by atoms with Crippen molar-refractivity contribution in [2.24, 2.45) is 0 Å². The summed E-state index contributed by atoms with van der Waals surface area (Å²) >= 11 is 0. The standard InChI is InChI=1S/C20H22N4O/c1-2-16-10-6-7-13-23(16)20(25)17-14-22-24-18(11-12-21-19(17)24)15-8-4-3-5-9-15/h3-5,8-9,11-12,14,16H,2,6-7,10,13H2,1H3/t16-/m1/s1. The fourth-order valence-corrected chi connectivity index (χ4v) is 3.72. The average molecular weight is 334 g/mol. The van der Waals surface area contributed by atoms with E-state index in [2.05, 4.69) is 17.0 Å². The Morgan fingerprint density at radius 1 is 1.20 bits per heavy atom. The Labute approximate surface area is 147 Å². The molecule has 4 rings (SSSR count). The van der Waals surface area contributed by atoms with Crippen molar-refractivity contribution >= 4 is 11.6 Å². The molecule has 0 aliphatic carbocycles. The van der Waals surface area contributed by atoms with Gasteiger partial charge in [0.15, 0.2) is 5.65 Å². The Hall–Kier alpha value is -2.69. The van der Waals surface area contributed by atoms with Gasteiger partial charge in [-0.2, -0.15) is 5.10 Å². The van der Waals surface area contributed by atoms with E-state index in [1.54, 1.807) is 16.9 Å². The summed E-state index contributed by atoms with van der Waals surface area (Å²) in [6, 6.07) is 12.3. The molecule has 5 heteroatoms. The number of carbonyl (C=O) groups is 1. The number of benzene rings is 1. The number of nitrogens with zero attached hydrogens (tertiary/aromatic N) is 4. The van der Waals surface area contributed by atoms with Gasteiger partial charge in [-0.1, -0.05) is 37.3 Å². The van der Waals surface area contributed by atoms with Crippen LogP contribution < -0.4 is 0 Å². The summed E-state index contributed by atoms with van der Waals surface area (Å²) in [5.74, 6) is 0.0549. The minimum Gasteiger partial charge on any atom is -0.336 e. The number of rotatable bonds is 3. The largest absolute Gasteiger partial charge is 0.336 e. The van der Waals surface area contributed by atoms with Crippen molar-refractivity contribution < 1.29 is 4.79 Å². The molecule has 1 amide bonds. The van der Waals surface area contributed by atoms with Gasteiger partial charge in [0.1, 0.15) is 5.56 Å². The maximum Gasteiger partial charge on any atom is 0.259 e. The van der Waals surface area contributed by atoms with E-state index in [-0.39, 0.29) is 5.91 Å². The lowest BCUT2D eigenvalue weighted by Gasteiger charge is -2.35. The number of piperidine rings is 1. The van der Waals surface area contributed by atoms with Crippen molar-refractivity contribution in [3.05, 3.63) is 54.4 Å². The van der Waals surface area contributed by atoms with Crippen molar-refractivity contribution in [2.45, 2.75) is 38.6 Å². The van der Waals surface area contributed by atoms with Gasteiger partial charge in [0, 0.05) is 24.3 Å². The number of amides is 1. The van der Waals surface area contributed by atoms with Crippen LogP contribution in [0.5, 0.6) is 0 Å². The highest BCUT2D eigenvalue weighted by Crippen LogP contribution is 2.25. The summed E-state index contributed by atoms with van der Waals surface area (Å²) in [4.78, 5) is 19.6. The summed E-state index contributed by atoms with van der Waals surface area (Å²) in [5, 5.41) is 4.47. The lowest BCUT2D eigenvalue weighted by atomic mass is 9.99. The van der Waals surface area contributed by atoms with Gasteiger partial charge >= 0.3 is 0 Å². The van der Waals surface area contributed by atoms with Crippen molar-refractivity contribution in [3.8, 4) is 11.3 Å². The van der Waals surface area contributed by atoms with E-state index in [0.29, 0.717) is 17.3 Å². The number of hydrogen-bond acceptors (Lipinski definition) is 3. The monoisotopic (exact) mass is 334 g/mol. The second kappa shape index (κ2) is 6.67. The van der Waals surface area contributed by atoms with Gasteiger partial charge in [0.25, 0.3) is 5.91 Å². The molecule has 0 N–H and O–H groups in total. The quantitative estimate of drug-likeness (QED) is 0.732. The van der Waals surface area contributed by atoms with Crippen LogP contribution in [0.15, 0.2) is 48.8 Å².